The van der Waals surface area contributed by atoms with Crippen molar-refractivity contribution in [3.63, 3.8) is 0 Å². The second-order valence-corrected chi connectivity index (χ2v) is 6.87. The summed E-state index contributed by atoms with van der Waals surface area (Å²) < 4.78 is 0. The molecule has 0 bridgehead atoms. The third kappa shape index (κ3) is 6.32. The molecule has 0 atom stereocenters. The van der Waals surface area contributed by atoms with Gasteiger partial charge in [-0.2, -0.15) is 0 Å². The van der Waals surface area contributed by atoms with E-state index in [2.05, 4.69) is 29.0 Å². The van der Waals surface area contributed by atoms with Gasteiger partial charge in [-0.25, -0.2) is 9.78 Å². The third-order valence-electron chi connectivity index (χ3n) is 4.63. The lowest BCUT2D eigenvalue weighted by atomic mass is 10.1. The fourth-order valence-corrected chi connectivity index (χ4v) is 3.30. The number of carbonyl (C=O) groups excluding carboxylic acids is 1. The highest BCUT2D eigenvalue weighted by Crippen LogP contribution is 2.26. The molecule has 0 saturated carbocycles. The first-order chi connectivity index (χ1) is 14.0. The van der Waals surface area contributed by atoms with E-state index >= 15 is 0 Å². The van der Waals surface area contributed by atoms with Crippen LogP contribution in [0.25, 0.3) is 10.9 Å². The Morgan fingerprint density at radius 3 is 2.19 bits per heavy atom. The smallest absolute Gasteiger partial charge is 0.336 e. The van der Waals surface area contributed by atoms with Crippen LogP contribution in [0.4, 0.5) is 11.5 Å². The highest BCUT2D eigenvalue weighted by molar-refractivity contribution is 6.08. The van der Waals surface area contributed by atoms with Gasteiger partial charge >= 0.3 is 5.97 Å². The second-order valence-electron chi connectivity index (χ2n) is 6.87. The Labute approximate surface area is 194 Å². The number of fused-ring (bicyclic) bond motifs is 1. The number of hydrogen-bond acceptors (Lipinski definition) is 4. The molecule has 0 spiro atoms. The van der Waals surface area contributed by atoms with Crippen molar-refractivity contribution >= 4 is 59.1 Å². The predicted molar refractivity (Wildman–Crippen MR) is 130 cm³/mol. The van der Waals surface area contributed by atoms with Crippen LogP contribution < -0.4 is 10.2 Å². The maximum Gasteiger partial charge on any atom is 0.336 e. The van der Waals surface area contributed by atoms with E-state index in [1.165, 1.54) is 0 Å². The maximum absolute atomic E-state index is 12.4. The van der Waals surface area contributed by atoms with E-state index in [4.69, 9.17) is 0 Å². The zero-order valence-electron chi connectivity index (χ0n) is 17.5. The van der Waals surface area contributed by atoms with E-state index in [9.17, 15) is 14.7 Å². The van der Waals surface area contributed by atoms with Crippen molar-refractivity contribution in [2.75, 3.05) is 23.3 Å². The number of carboxylic acid groups (broad SMARTS) is 1. The molecular formula is C23H27Cl2N3O3. The van der Waals surface area contributed by atoms with Crippen molar-refractivity contribution in [1.82, 2.24) is 4.98 Å². The van der Waals surface area contributed by atoms with Gasteiger partial charge in [0.25, 0.3) is 5.91 Å². The van der Waals surface area contributed by atoms with Crippen LogP contribution in [0.3, 0.4) is 0 Å². The standard InChI is InChI=1S/C23H25N3O3.2ClH/c1-3-12-26(13-4-2)21-15-19(23(28)29)18-14-17(10-11-20(18)25-21)24-22(27)16-8-6-5-7-9-16;;/h5-11,14-15H,3-4,12-13H2,1-2H3,(H,24,27)(H,28,29);2*1H. The van der Waals surface area contributed by atoms with Crippen LogP contribution in [0.5, 0.6) is 0 Å². The number of nitrogens with zero attached hydrogens (tertiary/aromatic N) is 2. The molecule has 2 aromatic carbocycles. The number of carbonyl (C=O) groups is 2. The van der Waals surface area contributed by atoms with Crippen LogP contribution in [0.15, 0.2) is 54.6 Å². The van der Waals surface area contributed by atoms with Crippen molar-refractivity contribution < 1.29 is 14.7 Å². The fraction of sp³-hybridized carbons (Fsp3) is 0.261. The molecular weight excluding hydrogens is 437 g/mol. The van der Waals surface area contributed by atoms with E-state index in [-0.39, 0.29) is 36.3 Å². The topological polar surface area (TPSA) is 82.5 Å². The number of carboxylic acids is 1. The number of hydrogen-bond donors (Lipinski definition) is 2. The zero-order chi connectivity index (χ0) is 20.8. The average Bonchev–Trinajstić information content (AvgIpc) is 2.73. The number of aromatic carboxylic acids is 1. The van der Waals surface area contributed by atoms with Crippen LogP contribution in [0.1, 0.15) is 47.4 Å². The summed E-state index contributed by atoms with van der Waals surface area (Å²) in [6.45, 7) is 5.81. The first-order valence-corrected chi connectivity index (χ1v) is 9.83. The van der Waals surface area contributed by atoms with Crippen molar-refractivity contribution in [2.45, 2.75) is 26.7 Å². The molecule has 6 nitrogen and oxygen atoms in total. The van der Waals surface area contributed by atoms with E-state index < -0.39 is 5.97 Å². The summed E-state index contributed by atoms with van der Waals surface area (Å²) in [5.41, 5.74) is 1.84. The van der Waals surface area contributed by atoms with E-state index in [1.54, 1.807) is 48.5 Å². The van der Waals surface area contributed by atoms with Gasteiger partial charge in [-0.3, -0.25) is 4.79 Å². The largest absolute Gasteiger partial charge is 0.478 e. The van der Waals surface area contributed by atoms with Crippen LogP contribution in [-0.4, -0.2) is 35.1 Å². The van der Waals surface area contributed by atoms with Crippen LogP contribution in [0.2, 0.25) is 0 Å². The minimum atomic E-state index is -1.02. The van der Waals surface area contributed by atoms with E-state index in [0.717, 1.165) is 25.9 Å². The molecule has 0 aliphatic heterocycles. The van der Waals surface area contributed by atoms with Gasteiger partial charge in [-0.15, -0.1) is 24.8 Å². The number of benzene rings is 2. The molecule has 31 heavy (non-hydrogen) atoms. The Hall–Kier alpha value is -2.83. The normalized spacial score (nSPS) is 10.0. The summed E-state index contributed by atoms with van der Waals surface area (Å²) in [4.78, 5) is 31.1. The summed E-state index contributed by atoms with van der Waals surface area (Å²) in [6, 6.07) is 15.7. The Morgan fingerprint density at radius 1 is 0.968 bits per heavy atom. The van der Waals surface area contributed by atoms with Gasteiger partial charge in [0.2, 0.25) is 0 Å². The lowest BCUT2D eigenvalue weighted by Gasteiger charge is -2.23. The summed E-state index contributed by atoms with van der Waals surface area (Å²) in [5.74, 6) is -0.596. The average molecular weight is 464 g/mol. The molecule has 0 aliphatic carbocycles. The lowest BCUT2D eigenvalue weighted by molar-refractivity contribution is 0.0698. The van der Waals surface area contributed by atoms with Gasteiger partial charge in [0.1, 0.15) is 5.82 Å². The monoisotopic (exact) mass is 463 g/mol. The van der Waals surface area contributed by atoms with E-state index in [0.29, 0.717) is 28.0 Å². The Bertz CT molecular complexity index is 1020. The van der Waals surface area contributed by atoms with Gasteiger partial charge in [-0.05, 0) is 49.2 Å². The molecule has 0 unspecified atom stereocenters. The number of nitrogens with one attached hydrogen (secondary N) is 1. The SMILES string of the molecule is CCCN(CCC)c1cc(C(=O)O)c2cc(NC(=O)c3ccccc3)ccc2n1.Cl.Cl. The minimum absolute atomic E-state index is 0. The molecule has 8 heteroatoms. The number of anilines is 2. The molecule has 1 amide bonds. The van der Waals surface area contributed by atoms with Crippen LogP contribution >= 0.6 is 24.8 Å². The molecule has 3 aromatic rings. The Kier molecular flexibility index (Phi) is 10.3. The van der Waals surface area contributed by atoms with E-state index in [1.807, 2.05) is 6.07 Å². The molecule has 0 saturated heterocycles. The van der Waals surface area contributed by atoms with Gasteiger partial charge in [-0.1, -0.05) is 32.0 Å². The van der Waals surface area contributed by atoms with Gasteiger partial charge < -0.3 is 15.3 Å². The second kappa shape index (κ2) is 12.1. The molecule has 3 rings (SSSR count). The van der Waals surface area contributed by atoms with Crippen molar-refractivity contribution in [3.8, 4) is 0 Å². The molecule has 1 aromatic heterocycles. The van der Waals surface area contributed by atoms with Gasteiger partial charge in [0.15, 0.2) is 0 Å². The minimum Gasteiger partial charge on any atom is -0.478 e. The first kappa shape index (κ1) is 26.2. The van der Waals surface area contributed by atoms with Crippen LogP contribution in [0, 0.1) is 0 Å². The van der Waals surface area contributed by atoms with Gasteiger partial charge in [0.05, 0.1) is 11.1 Å². The summed E-state index contributed by atoms with van der Waals surface area (Å²) in [6.07, 6.45) is 1.90. The predicted octanol–water partition coefficient (Wildman–Crippen LogP) is 5.66. The molecule has 166 valence electrons. The summed E-state index contributed by atoms with van der Waals surface area (Å²) >= 11 is 0. The van der Waals surface area contributed by atoms with Crippen molar-refractivity contribution in [2.24, 2.45) is 0 Å². The summed E-state index contributed by atoms with van der Waals surface area (Å²) in [7, 11) is 0. The molecule has 1 heterocycles. The Balaban J connectivity index is 0.00000240. The van der Waals surface area contributed by atoms with Crippen molar-refractivity contribution in [3.05, 3.63) is 65.7 Å². The van der Waals surface area contributed by atoms with Crippen molar-refractivity contribution in [1.29, 1.82) is 0 Å². The third-order valence-corrected chi connectivity index (χ3v) is 4.63. The number of aromatic nitrogens is 1. The first-order valence-electron chi connectivity index (χ1n) is 9.83. The van der Waals surface area contributed by atoms with Gasteiger partial charge in [0, 0.05) is 29.7 Å². The number of rotatable bonds is 8. The number of amides is 1. The lowest BCUT2D eigenvalue weighted by Crippen LogP contribution is -2.26. The highest BCUT2D eigenvalue weighted by atomic mass is 35.5. The Morgan fingerprint density at radius 2 is 1.61 bits per heavy atom. The zero-order valence-corrected chi connectivity index (χ0v) is 19.1. The molecule has 2 N–H and O–H groups in total. The quantitative estimate of drug-likeness (QED) is 0.450. The molecule has 0 radical (unpaired) electrons. The summed E-state index contributed by atoms with van der Waals surface area (Å²) in [5, 5.41) is 13.1. The molecule has 0 fully saturated rings. The number of pyridine rings is 1. The number of halogens is 2. The molecule has 0 aliphatic rings. The maximum atomic E-state index is 12.4. The highest BCUT2D eigenvalue weighted by Gasteiger charge is 2.16. The van der Waals surface area contributed by atoms with Crippen LogP contribution in [-0.2, 0) is 0 Å². The fourth-order valence-electron chi connectivity index (χ4n) is 3.30.